The summed E-state index contributed by atoms with van der Waals surface area (Å²) in [7, 11) is 0. The zero-order valence-corrected chi connectivity index (χ0v) is 15.5. The molecular formula is C21H15ClO3S. The first-order chi connectivity index (χ1) is 12.4. The van der Waals surface area contributed by atoms with Crippen molar-refractivity contribution >= 4 is 40.3 Å². The molecule has 130 valence electrons. The van der Waals surface area contributed by atoms with Crippen LogP contribution in [-0.2, 0) is 0 Å². The van der Waals surface area contributed by atoms with Crippen LogP contribution in [0.5, 0.6) is 0 Å². The molecule has 0 aliphatic rings. The molecule has 0 bridgehead atoms. The maximum absolute atomic E-state index is 13.0. The molecule has 1 heterocycles. The molecule has 0 amide bonds. The number of allylic oxidation sites excluding steroid dienone is 1. The van der Waals surface area contributed by atoms with E-state index in [2.05, 4.69) is 6.58 Å². The maximum atomic E-state index is 13.0. The third kappa shape index (κ3) is 3.34. The largest absolute Gasteiger partial charge is 0.478 e. The van der Waals surface area contributed by atoms with Crippen LogP contribution in [0, 0.1) is 6.92 Å². The van der Waals surface area contributed by atoms with E-state index in [4.69, 9.17) is 11.6 Å². The highest BCUT2D eigenvalue weighted by atomic mass is 35.5. The van der Waals surface area contributed by atoms with E-state index in [9.17, 15) is 14.7 Å². The van der Waals surface area contributed by atoms with E-state index in [1.54, 1.807) is 24.3 Å². The van der Waals surface area contributed by atoms with Gasteiger partial charge in [-0.1, -0.05) is 42.4 Å². The SMILES string of the molecule is C=C(C(=O)c1c(C)cccc1Cl)c1ccc(C(=O)O)cc1-c1cccs1. The van der Waals surface area contributed by atoms with E-state index in [0.717, 1.165) is 10.4 Å². The number of hydrogen-bond donors (Lipinski definition) is 1. The lowest BCUT2D eigenvalue weighted by atomic mass is 9.91. The number of Topliss-reactive ketones (excluding diaryl/α,β-unsaturated/α-hetero) is 1. The second-order valence-electron chi connectivity index (χ2n) is 5.78. The average molecular weight is 383 g/mol. The Bertz CT molecular complexity index is 999. The van der Waals surface area contributed by atoms with Crippen LogP contribution < -0.4 is 0 Å². The lowest BCUT2D eigenvalue weighted by molar-refractivity contribution is 0.0696. The zero-order valence-electron chi connectivity index (χ0n) is 14.0. The number of carboxylic acid groups (broad SMARTS) is 1. The number of thiophene rings is 1. The number of aromatic carboxylic acids is 1. The molecule has 0 fully saturated rings. The lowest BCUT2D eigenvalue weighted by Gasteiger charge is -2.13. The van der Waals surface area contributed by atoms with E-state index in [1.807, 2.05) is 30.5 Å². The van der Waals surface area contributed by atoms with Crippen molar-refractivity contribution in [1.29, 1.82) is 0 Å². The van der Waals surface area contributed by atoms with Gasteiger partial charge < -0.3 is 5.11 Å². The Morgan fingerprint density at radius 1 is 1.12 bits per heavy atom. The highest BCUT2D eigenvalue weighted by molar-refractivity contribution is 7.13. The molecule has 3 rings (SSSR count). The number of ketones is 1. The van der Waals surface area contributed by atoms with Crippen molar-refractivity contribution in [2.45, 2.75) is 6.92 Å². The van der Waals surface area contributed by atoms with Gasteiger partial charge in [-0.2, -0.15) is 0 Å². The van der Waals surface area contributed by atoms with Gasteiger partial charge in [0.1, 0.15) is 0 Å². The van der Waals surface area contributed by atoms with Crippen LogP contribution in [0.15, 0.2) is 60.5 Å². The monoisotopic (exact) mass is 382 g/mol. The molecular weight excluding hydrogens is 368 g/mol. The Labute approximate surface area is 160 Å². The molecule has 0 saturated heterocycles. The lowest BCUT2D eigenvalue weighted by Crippen LogP contribution is -2.07. The molecule has 2 aromatic carbocycles. The number of benzene rings is 2. The van der Waals surface area contributed by atoms with Crippen molar-refractivity contribution in [2.75, 3.05) is 0 Å². The minimum Gasteiger partial charge on any atom is -0.478 e. The number of carbonyl (C=O) groups excluding carboxylic acids is 1. The molecule has 3 aromatic rings. The Morgan fingerprint density at radius 2 is 1.88 bits per heavy atom. The highest BCUT2D eigenvalue weighted by Gasteiger charge is 2.21. The Morgan fingerprint density at radius 3 is 2.50 bits per heavy atom. The van der Waals surface area contributed by atoms with Crippen LogP contribution in [0.3, 0.4) is 0 Å². The fourth-order valence-electron chi connectivity index (χ4n) is 2.77. The fraction of sp³-hybridized carbons (Fsp3) is 0.0476. The first-order valence-electron chi connectivity index (χ1n) is 7.80. The van der Waals surface area contributed by atoms with Crippen LogP contribution in [0.1, 0.15) is 31.8 Å². The normalized spacial score (nSPS) is 10.5. The summed E-state index contributed by atoms with van der Waals surface area (Å²) in [5.74, 6) is -1.29. The van der Waals surface area contributed by atoms with Crippen molar-refractivity contribution in [1.82, 2.24) is 0 Å². The van der Waals surface area contributed by atoms with Crippen LogP contribution >= 0.6 is 22.9 Å². The van der Waals surface area contributed by atoms with Crippen molar-refractivity contribution < 1.29 is 14.7 Å². The molecule has 26 heavy (non-hydrogen) atoms. The van der Waals surface area contributed by atoms with Gasteiger partial charge in [0, 0.05) is 21.6 Å². The second kappa shape index (κ2) is 7.28. The molecule has 1 N–H and O–H groups in total. The van der Waals surface area contributed by atoms with E-state index in [1.165, 1.54) is 17.4 Å². The van der Waals surface area contributed by atoms with Gasteiger partial charge in [0.05, 0.1) is 10.6 Å². The number of halogens is 1. The molecule has 3 nitrogen and oxygen atoms in total. The van der Waals surface area contributed by atoms with Gasteiger partial charge in [0.25, 0.3) is 0 Å². The molecule has 1 aromatic heterocycles. The minimum atomic E-state index is -1.02. The molecule has 0 aliphatic heterocycles. The third-order valence-corrected chi connectivity index (χ3v) is 5.32. The van der Waals surface area contributed by atoms with Crippen molar-refractivity contribution in [3.05, 3.63) is 87.8 Å². The summed E-state index contributed by atoms with van der Waals surface area (Å²) < 4.78 is 0. The topological polar surface area (TPSA) is 54.4 Å². The smallest absolute Gasteiger partial charge is 0.335 e. The first-order valence-corrected chi connectivity index (χ1v) is 9.06. The average Bonchev–Trinajstić information content (AvgIpc) is 3.14. The van der Waals surface area contributed by atoms with Gasteiger partial charge in [0.15, 0.2) is 5.78 Å². The van der Waals surface area contributed by atoms with Crippen LogP contribution in [-0.4, -0.2) is 16.9 Å². The second-order valence-corrected chi connectivity index (χ2v) is 7.14. The van der Waals surface area contributed by atoms with Crippen LogP contribution in [0.25, 0.3) is 16.0 Å². The molecule has 0 radical (unpaired) electrons. The Hall–Kier alpha value is -2.69. The summed E-state index contributed by atoms with van der Waals surface area (Å²) in [6.07, 6.45) is 0. The van der Waals surface area contributed by atoms with Gasteiger partial charge >= 0.3 is 5.97 Å². The summed E-state index contributed by atoms with van der Waals surface area (Å²) in [6, 6.07) is 13.7. The van der Waals surface area contributed by atoms with Crippen LogP contribution in [0.2, 0.25) is 5.02 Å². The van der Waals surface area contributed by atoms with Crippen LogP contribution in [0.4, 0.5) is 0 Å². The Kier molecular flexibility index (Phi) is 5.07. The first kappa shape index (κ1) is 18.1. The zero-order chi connectivity index (χ0) is 18.8. The summed E-state index contributed by atoms with van der Waals surface area (Å²) in [5, 5.41) is 11.6. The molecule has 0 unspecified atom stereocenters. The molecule has 0 aliphatic carbocycles. The van der Waals surface area contributed by atoms with Crippen molar-refractivity contribution in [2.24, 2.45) is 0 Å². The number of rotatable bonds is 5. The van der Waals surface area contributed by atoms with Gasteiger partial charge in [-0.3, -0.25) is 4.79 Å². The van der Waals surface area contributed by atoms with E-state index in [-0.39, 0.29) is 16.9 Å². The van der Waals surface area contributed by atoms with Gasteiger partial charge in [-0.25, -0.2) is 4.79 Å². The van der Waals surface area contributed by atoms with E-state index < -0.39 is 5.97 Å². The fourth-order valence-corrected chi connectivity index (χ4v) is 3.83. The van der Waals surface area contributed by atoms with Gasteiger partial charge in [-0.15, -0.1) is 11.3 Å². The van der Waals surface area contributed by atoms with E-state index in [0.29, 0.717) is 21.7 Å². The van der Waals surface area contributed by atoms with Crippen molar-refractivity contribution in [3.8, 4) is 10.4 Å². The quantitative estimate of drug-likeness (QED) is 0.436. The standard InChI is InChI=1S/C21H15ClO3S/c1-12-5-3-6-17(22)19(12)20(23)13(2)15-9-8-14(21(24)25)11-16(15)18-7-4-10-26-18/h3-11H,2H2,1H3,(H,24,25). The molecule has 0 atom stereocenters. The number of carboxylic acids is 1. The highest BCUT2D eigenvalue weighted by Crippen LogP contribution is 2.35. The molecule has 0 spiro atoms. The van der Waals surface area contributed by atoms with Gasteiger partial charge in [-0.05, 0) is 47.7 Å². The summed E-state index contributed by atoms with van der Waals surface area (Å²) >= 11 is 7.69. The predicted molar refractivity (Wildman–Crippen MR) is 106 cm³/mol. The number of hydrogen-bond acceptors (Lipinski definition) is 3. The Balaban J connectivity index is 2.13. The summed E-state index contributed by atoms with van der Waals surface area (Å²) in [5.41, 5.74) is 2.89. The van der Waals surface area contributed by atoms with Gasteiger partial charge in [0.2, 0.25) is 0 Å². The minimum absolute atomic E-state index is 0.159. The maximum Gasteiger partial charge on any atom is 0.335 e. The predicted octanol–water partition coefficient (Wildman–Crippen LogP) is 5.97. The molecule has 5 heteroatoms. The third-order valence-electron chi connectivity index (χ3n) is 4.10. The number of aryl methyl sites for hydroxylation is 1. The van der Waals surface area contributed by atoms with E-state index >= 15 is 0 Å². The summed E-state index contributed by atoms with van der Waals surface area (Å²) in [6.45, 7) is 5.80. The molecule has 0 saturated carbocycles. The summed E-state index contributed by atoms with van der Waals surface area (Å²) in [4.78, 5) is 25.2. The number of carbonyl (C=O) groups is 2. The van der Waals surface area contributed by atoms with Crippen molar-refractivity contribution in [3.63, 3.8) is 0 Å².